The molecule has 2 fully saturated rings. The van der Waals surface area contributed by atoms with Gasteiger partial charge in [0.05, 0.1) is 18.7 Å². The first-order valence-electron chi connectivity index (χ1n) is 11.3. The first-order valence-corrected chi connectivity index (χ1v) is 11.3. The lowest BCUT2D eigenvalue weighted by atomic mass is 10.1. The van der Waals surface area contributed by atoms with E-state index < -0.39 is 0 Å². The fraction of sp³-hybridized carbons (Fsp3) is 0.417. The van der Waals surface area contributed by atoms with Crippen LogP contribution in [0.1, 0.15) is 5.56 Å². The molecule has 0 N–H and O–H groups in total. The largest absolute Gasteiger partial charge is 0.454 e. The molecule has 2 saturated heterocycles. The number of anilines is 2. The van der Waals surface area contributed by atoms with Crippen molar-refractivity contribution in [2.24, 2.45) is 0 Å². The second-order valence-corrected chi connectivity index (χ2v) is 8.41. The van der Waals surface area contributed by atoms with E-state index in [2.05, 4.69) is 45.0 Å². The van der Waals surface area contributed by atoms with Gasteiger partial charge in [0.1, 0.15) is 5.82 Å². The first kappa shape index (κ1) is 19.6. The van der Waals surface area contributed by atoms with E-state index in [1.54, 1.807) is 0 Å². The highest BCUT2D eigenvalue weighted by Gasteiger charge is 2.23. The predicted molar refractivity (Wildman–Crippen MR) is 123 cm³/mol. The average molecular weight is 434 g/mol. The highest BCUT2D eigenvalue weighted by Crippen LogP contribution is 2.33. The average Bonchev–Trinajstić information content (AvgIpc) is 3.32. The predicted octanol–water partition coefficient (Wildman–Crippen LogP) is 2.52. The number of benzene rings is 2. The minimum Gasteiger partial charge on any atom is -0.454 e. The van der Waals surface area contributed by atoms with Crippen LogP contribution in [0.3, 0.4) is 0 Å². The molecule has 0 unspecified atom stereocenters. The van der Waals surface area contributed by atoms with Crippen LogP contribution in [-0.2, 0) is 11.3 Å². The lowest BCUT2D eigenvalue weighted by molar-refractivity contribution is 0.122. The minimum absolute atomic E-state index is 0.315. The van der Waals surface area contributed by atoms with E-state index in [-0.39, 0.29) is 0 Å². The summed E-state index contributed by atoms with van der Waals surface area (Å²) in [5.74, 6) is 3.54. The van der Waals surface area contributed by atoms with Crippen LogP contribution in [0.15, 0.2) is 42.5 Å². The summed E-state index contributed by atoms with van der Waals surface area (Å²) in [6.45, 7) is 8.19. The number of hydrogen-bond acceptors (Lipinski definition) is 8. The molecule has 8 heteroatoms. The summed E-state index contributed by atoms with van der Waals surface area (Å²) in [4.78, 5) is 17.1. The molecule has 32 heavy (non-hydrogen) atoms. The van der Waals surface area contributed by atoms with Crippen molar-refractivity contribution in [3.8, 4) is 11.5 Å². The number of fused-ring (bicyclic) bond motifs is 2. The molecule has 0 amide bonds. The van der Waals surface area contributed by atoms with Crippen LogP contribution in [0.4, 0.5) is 11.8 Å². The maximum absolute atomic E-state index is 5.55. The third kappa shape index (κ3) is 3.80. The van der Waals surface area contributed by atoms with Gasteiger partial charge in [-0.3, -0.25) is 4.90 Å². The van der Waals surface area contributed by atoms with Crippen LogP contribution in [0, 0.1) is 0 Å². The van der Waals surface area contributed by atoms with E-state index in [0.717, 1.165) is 93.2 Å². The number of piperazine rings is 1. The Bertz CT molecular complexity index is 1110. The Morgan fingerprint density at radius 3 is 2.47 bits per heavy atom. The second kappa shape index (κ2) is 8.44. The minimum atomic E-state index is 0.315. The first-order chi connectivity index (χ1) is 15.8. The topological polar surface area (TPSA) is 63.2 Å². The molecule has 0 saturated carbocycles. The smallest absolute Gasteiger partial charge is 0.231 e. The van der Waals surface area contributed by atoms with Crippen molar-refractivity contribution in [2.45, 2.75) is 6.54 Å². The van der Waals surface area contributed by atoms with Gasteiger partial charge < -0.3 is 24.0 Å². The molecule has 0 spiro atoms. The van der Waals surface area contributed by atoms with E-state index >= 15 is 0 Å². The van der Waals surface area contributed by atoms with E-state index in [4.69, 9.17) is 24.2 Å². The lowest BCUT2D eigenvalue weighted by Crippen LogP contribution is -2.46. The molecule has 8 nitrogen and oxygen atoms in total. The Hall–Kier alpha value is -3.10. The summed E-state index contributed by atoms with van der Waals surface area (Å²) in [5, 5.41) is 1.11. The number of ether oxygens (including phenoxy) is 3. The van der Waals surface area contributed by atoms with Crippen LogP contribution in [0.5, 0.6) is 11.5 Å². The Morgan fingerprint density at radius 1 is 0.781 bits per heavy atom. The number of nitrogens with zero attached hydrogens (tertiary/aromatic N) is 5. The maximum atomic E-state index is 5.55. The SMILES string of the molecule is c1ccc2c(N3CCOCC3)nc(N3CCN(Cc4ccc5c(c4)OCO5)CC3)nc2c1. The standard InChI is InChI=1S/C24H27N5O3/c1-2-4-20-19(3-1)23(28-11-13-30-14-12-28)26-24(25-20)29-9-7-27(8-10-29)16-18-5-6-21-22(15-18)32-17-31-21/h1-6,15H,7-14,16-17H2. The maximum Gasteiger partial charge on any atom is 0.231 e. The molecule has 3 aliphatic heterocycles. The number of hydrogen-bond donors (Lipinski definition) is 0. The number of para-hydroxylation sites is 1. The van der Waals surface area contributed by atoms with Gasteiger partial charge in [0.2, 0.25) is 12.7 Å². The molecule has 166 valence electrons. The molecule has 1 aromatic heterocycles. The number of rotatable bonds is 4. The Kier molecular flexibility index (Phi) is 5.16. The molecule has 3 aliphatic rings. The van der Waals surface area contributed by atoms with Gasteiger partial charge in [-0.05, 0) is 29.8 Å². The molecule has 0 aliphatic carbocycles. The van der Waals surface area contributed by atoms with Crippen molar-refractivity contribution in [2.75, 3.05) is 69.1 Å². The van der Waals surface area contributed by atoms with E-state index in [9.17, 15) is 0 Å². The third-order valence-corrected chi connectivity index (χ3v) is 6.38. The van der Waals surface area contributed by atoms with E-state index in [1.165, 1.54) is 5.56 Å². The molecular weight excluding hydrogens is 406 g/mol. The van der Waals surface area contributed by atoms with Crippen molar-refractivity contribution in [1.82, 2.24) is 14.9 Å². The molecule has 0 atom stereocenters. The second-order valence-electron chi connectivity index (χ2n) is 8.41. The van der Waals surface area contributed by atoms with Crippen molar-refractivity contribution in [3.63, 3.8) is 0 Å². The van der Waals surface area contributed by atoms with Crippen LogP contribution >= 0.6 is 0 Å². The monoisotopic (exact) mass is 433 g/mol. The van der Waals surface area contributed by atoms with Gasteiger partial charge in [0.25, 0.3) is 0 Å². The van der Waals surface area contributed by atoms with Crippen LogP contribution < -0.4 is 19.3 Å². The number of morpholine rings is 1. The Labute approximate surface area is 187 Å². The van der Waals surface area contributed by atoms with Crippen LogP contribution in [-0.4, -0.2) is 74.1 Å². The summed E-state index contributed by atoms with van der Waals surface area (Å²) in [6, 6.07) is 14.5. The van der Waals surface area contributed by atoms with Crippen molar-refractivity contribution < 1.29 is 14.2 Å². The molecule has 3 aromatic rings. The van der Waals surface area contributed by atoms with Gasteiger partial charge in [0, 0.05) is 51.2 Å². The number of aromatic nitrogens is 2. The van der Waals surface area contributed by atoms with E-state index in [1.807, 2.05) is 12.1 Å². The zero-order valence-electron chi connectivity index (χ0n) is 18.1. The van der Waals surface area contributed by atoms with Gasteiger partial charge in [-0.2, -0.15) is 4.98 Å². The molecule has 4 heterocycles. The zero-order chi connectivity index (χ0) is 21.3. The zero-order valence-corrected chi connectivity index (χ0v) is 18.1. The highest BCUT2D eigenvalue weighted by molar-refractivity contribution is 5.90. The van der Waals surface area contributed by atoms with Gasteiger partial charge in [-0.1, -0.05) is 18.2 Å². The Morgan fingerprint density at radius 2 is 1.59 bits per heavy atom. The Balaban J connectivity index is 1.18. The van der Waals surface area contributed by atoms with Gasteiger partial charge in [-0.25, -0.2) is 4.98 Å². The summed E-state index contributed by atoms with van der Waals surface area (Å²) >= 11 is 0. The van der Waals surface area contributed by atoms with Crippen molar-refractivity contribution >= 4 is 22.7 Å². The lowest BCUT2D eigenvalue weighted by Gasteiger charge is -2.35. The normalized spacial score (nSPS) is 19.0. The fourth-order valence-corrected chi connectivity index (χ4v) is 4.61. The van der Waals surface area contributed by atoms with Gasteiger partial charge >= 0.3 is 0 Å². The van der Waals surface area contributed by atoms with Crippen molar-refractivity contribution in [1.29, 1.82) is 0 Å². The van der Waals surface area contributed by atoms with Crippen LogP contribution in [0.2, 0.25) is 0 Å². The molecule has 2 aromatic carbocycles. The molecule has 6 rings (SSSR count). The van der Waals surface area contributed by atoms with Crippen LogP contribution in [0.25, 0.3) is 10.9 Å². The quantitative estimate of drug-likeness (QED) is 0.622. The summed E-state index contributed by atoms with van der Waals surface area (Å²) in [6.07, 6.45) is 0. The summed E-state index contributed by atoms with van der Waals surface area (Å²) < 4.78 is 16.5. The molecule has 0 bridgehead atoms. The van der Waals surface area contributed by atoms with Gasteiger partial charge in [-0.15, -0.1) is 0 Å². The van der Waals surface area contributed by atoms with E-state index in [0.29, 0.717) is 6.79 Å². The third-order valence-electron chi connectivity index (χ3n) is 6.38. The molecule has 0 radical (unpaired) electrons. The summed E-state index contributed by atoms with van der Waals surface area (Å²) in [5.41, 5.74) is 2.25. The van der Waals surface area contributed by atoms with Crippen molar-refractivity contribution in [3.05, 3.63) is 48.0 Å². The highest BCUT2D eigenvalue weighted by atomic mass is 16.7. The fourth-order valence-electron chi connectivity index (χ4n) is 4.61. The molecular formula is C24H27N5O3. The van der Waals surface area contributed by atoms with Gasteiger partial charge in [0.15, 0.2) is 11.5 Å². The summed E-state index contributed by atoms with van der Waals surface area (Å²) in [7, 11) is 0.